The molecule has 1 unspecified atom stereocenters. The molecule has 1 saturated heterocycles. The zero-order valence-corrected chi connectivity index (χ0v) is 12.3. The van der Waals surface area contributed by atoms with Gasteiger partial charge in [-0.15, -0.1) is 0 Å². The van der Waals surface area contributed by atoms with Crippen LogP contribution in [0.25, 0.3) is 0 Å². The molecular weight excluding hydrogens is 218 g/mol. The molecule has 0 bridgehead atoms. The first-order valence-corrected chi connectivity index (χ1v) is 7.32. The number of nitrogens with one attached hydrogen (secondary N) is 1. The third kappa shape index (κ3) is 3.14. The van der Waals surface area contributed by atoms with Crippen molar-refractivity contribution in [3.05, 3.63) is 34.9 Å². The second kappa shape index (κ2) is 5.44. The second-order valence-electron chi connectivity index (χ2n) is 6.52. The van der Waals surface area contributed by atoms with E-state index in [0.717, 1.165) is 5.92 Å². The molecule has 1 N–H and O–H groups in total. The summed E-state index contributed by atoms with van der Waals surface area (Å²) in [5, 5.41) is 3.80. The van der Waals surface area contributed by atoms with Gasteiger partial charge in [0.15, 0.2) is 0 Å². The molecule has 1 heterocycles. The molecule has 0 amide bonds. The summed E-state index contributed by atoms with van der Waals surface area (Å²) in [4.78, 5) is 0. The Labute approximate surface area is 112 Å². The number of rotatable bonds is 4. The van der Waals surface area contributed by atoms with E-state index >= 15 is 0 Å². The van der Waals surface area contributed by atoms with Crippen molar-refractivity contribution < 1.29 is 0 Å². The van der Waals surface area contributed by atoms with Gasteiger partial charge in [-0.2, -0.15) is 0 Å². The lowest BCUT2D eigenvalue weighted by atomic mass is 9.81. The maximum atomic E-state index is 3.80. The fourth-order valence-corrected chi connectivity index (χ4v) is 3.40. The summed E-state index contributed by atoms with van der Waals surface area (Å²) in [7, 11) is 0. The average molecular weight is 245 g/mol. The molecule has 0 saturated carbocycles. The summed E-state index contributed by atoms with van der Waals surface area (Å²) in [5.41, 5.74) is 4.71. The molecule has 2 rings (SSSR count). The average Bonchev–Trinajstić information content (AvgIpc) is 2.71. The number of hydrogen-bond donors (Lipinski definition) is 1. The van der Waals surface area contributed by atoms with E-state index in [1.807, 2.05) is 0 Å². The predicted molar refractivity (Wildman–Crippen MR) is 79.0 cm³/mol. The van der Waals surface area contributed by atoms with Crippen molar-refractivity contribution in [1.29, 1.82) is 0 Å². The normalized spacial score (nSPS) is 23.8. The maximum Gasteiger partial charge on any atom is 0.0224 e. The van der Waals surface area contributed by atoms with E-state index < -0.39 is 0 Å². The van der Waals surface area contributed by atoms with Gasteiger partial charge in [-0.1, -0.05) is 37.6 Å². The van der Waals surface area contributed by atoms with E-state index in [4.69, 9.17) is 0 Å². The van der Waals surface area contributed by atoms with Crippen molar-refractivity contribution >= 4 is 0 Å². The Balaban J connectivity index is 2.20. The van der Waals surface area contributed by atoms with Gasteiger partial charge in [0.1, 0.15) is 0 Å². The van der Waals surface area contributed by atoms with Crippen LogP contribution in [0, 0.1) is 19.8 Å². The van der Waals surface area contributed by atoms with Crippen LogP contribution in [0.1, 0.15) is 49.8 Å². The first-order chi connectivity index (χ1) is 8.51. The van der Waals surface area contributed by atoms with Crippen LogP contribution < -0.4 is 5.32 Å². The highest BCUT2D eigenvalue weighted by molar-refractivity contribution is 5.32. The van der Waals surface area contributed by atoms with Crippen LogP contribution in [0.15, 0.2) is 18.2 Å². The summed E-state index contributed by atoms with van der Waals surface area (Å²) in [5.74, 6) is 0.765. The Kier molecular flexibility index (Phi) is 4.11. The van der Waals surface area contributed by atoms with E-state index in [0.29, 0.717) is 5.54 Å². The summed E-state index contributed by atoms with van der Waals surface area (Å²) >= 11 is 0. The molecule has 0 radical (unpaired) electrons. The van der Waals surface area contributed by atoms with Crippen LogP contribution >= 0.6 is 0 Å². The largest absolute Gasteiger partial charge is 0.311 e. The minimum absolute atomic E-state index is 0.354. The molecule has 1 fully saturated rings. The number of hydrogen-bond acceptors (Lipinski definition) is 1. The minimum atomic E-state index is 0.354. The summed E-state index contributed by atoms with van der Waals surface area (Å²) < 4.78 is 0. The van der Waals surface area contributed by atoms with Gasteiger partial charge in [0.05, 0.1) is 0 Å². The van der Waals surface area contributed by atoms with Gasteiger partial charge in [-0.25, -0.2) is 0 Å². The molecule has 1 nitrogen and oxygen atoms in total. The predicted octanol–water partition coefficient (Wildman–Crippen LogP) is 4.01. The molecule has 1 aromatic carbocycles. The van der Waals surface area contributed by atoms with Crippen LogP contribution in [0.3, 0.4) is 0 Å². The maximum absolute atomic E-state index is 3.80. The molecule has 1 aliphatic heterocycles. The van der Waals surface area contributed by atoms with Gasteiger partial charge in [0.25, 0.3) is 0 Å². The molecule has 0 aromatic heterocycles. The molecule has 0 spiro atoms. The zero-order chi connectivity index (χ0) is 13.2. The van der Waals surface area contributed by atoms with Gasteiger partial charge >= 0.3 is 0 Å². The van der Waals surface area contributed by atoms with Crippen molar-refractivity contribution in [2.75, 3.05) is 6.54 Å². The Hall–Kier alpha value is -0.820. The highest BCUT2D eigenvalue weighted by Gasteiger charge is 2.34. The summed E-state index contributed by atoms with van der Waals surface area (Å²) in [6.45, 7) is 10.3. The van der Waals surface area contributed by atoms with Crippen LogP contribution in [0.2, 0.25) is 0 Å². The molecule has 1 atom stereocenters. The third-order valence-corrected chi connectivity index (χ3v) is 4.16. The fourth-order valence-electron chi connectivity index (χ4n) is 3.40. The van der Waals surface area contributed by atoms with Crippen LogP contribution in [-0.2, 0) is 6.42 Å². The lowest BCUT2D eigenvalue weighted by molar-refractivity contribution is 0.301. The van der Waals surface area contributed by atoms with Crippen LogP contribution in [0.4, 0.5) is 0 Å². The Bertz CT molecular complexity index is 400. The van der Waals surface area contributed by atoms with Crippen molar-refractivity contribution in [1.82, 2.24) is 5.32 Å². The smallest absolute Gasteiger partial charge is 0.0224 e. The molecular formula is C17H27N. The van der Waals surface area contributed by atoms with Crippen molar-refractivity contribution in [2.45, 2.75) is 58.9 Å². The zero-order valence-electron chi connectivity index (χ0n) is 12.3. The van der Waals surface area contributed by atoms with Gasteiger partial charge in [0.2, 0.25) is 0 Å². The van der Waals surface area contributed by atoms with Crippen LogP contribution in [0.5, 0.6) is 0 Å². The highest BCUT2D eigenvalue weighted by atomic mass is 15.0. The summed E-state index contributed by atoms with van der Waals surface area (Å²) in [6, 6.07) is 6.86. The molecule has 1 heteroatoms. The lowest BCUT2D eigenvalue weighted by Crippen LogP contribution is -2.43. The van der Waals surface area contributed by atoms with E-state index in [2.05, 4.69) is 51.2 Å². The van der Waals surface area contributed by atoms with E-state index in [1.165, 1.54) is 48.9 Å². The lowest BCUT2D eigenvalue weighted by Gasteiger charge is -2.32. The Morgan fingerprint density at radius 1 is 1.28 bits per heavy atom. The molecule has 18 heavy (non-hydrogen) atoms. The summed E-state index contributed by atoms with van der Waals surface area (Å²) in [6.07, 6.45) is 5.15. The van der Waals surface area contributed by atoms with Crippen molar-refractivity contribution in [3.63, 3.8) is 0 Å². The molecule has 0 aliphatic carbocycles. The fraction of sp³-hybridized carbons (Fsp3) is 0.647. The van der Waals surface area contributed by atoms with Crippen molar-refractivity contribution in [3.8, 4) is 0 Å². The van der Waals surface area contributed by atoms with Crippen LogP contribution in [-0.4, -0.2) is 12.1 Å². The standard InChI is InChI=1S/C17H27N/c1-13(2)11-17(8-5-9-18-17)12-16-10-14(3)6-7-15(16)4/h6-7,10,13,18H,5,8-9,11-12H2,1-4H3. The van der Waals surface area contributed by atoms with E-state index in [1.54, 1.807) is 0 Å². The minimum Gasteiger partial charge on any atom is -0.311 e. The SMILES string of the molecule is Cc1ccc(C)c(CC2(CC(C)C)CCCN2)c1. The Morgan fingerprint density at radius 2 is 2.06 bits per heavy atom. The van der Waals surface area contributed by atoms with Gasteiger partial charge in [-0.3, -0.25) is 0 Å². The highest BCUT2D eigenvalue weighted by Crippen LogP contribution is 2.31. The first kappa shape index (κ1) is 13.6. The molecule has 100 valence electrons. The Morgan fingerprint density at radius 3 is 2.67 bits per heavy atom. The number of benzene rings is 1. The van der Waals surface area contributed by atoms with Gasteiger partial charge in [0, 0.05) is 5.54 Å². The van der Waals surface area contributed by atoms with E-state index in [-0.39, 0.29) is 0 Å². The number of aryl methyl sites for hydroxylation is 2. The molecule has 1 aromatic rings. The first-order valence-electron chi connectivity index (χ1n) is 7.32. The van der Waals surface area contributed by atoms with Gasteiger partial charge < -0.3 is 5.32 Å². The monoisotopic (exact) mass is 245 g/mol. The quantitative estimate of drug-likeness (QED) is 0.845. The van der Waals surface area contributed by atoms with E-state index in [9.17, 15) is 0 Å². The topological polar surface area (TPSA) is 12.0 Å². The van der Waals surface area contributed by atoms with Crippen molar-refractivity contribution in [2.24, 2.45) is 5.92 Å². The third-order valence-electron chi connectivity index (χ3n) is 4.16. The van der Waals surface area contributed by atoms with Gasteiger partial charge in [-0.05, 0) is 63.1 Å². The second-order valence-corrected chi connectivity index (χ2v) is 6.52. The molecule has 1 aliphatic rings.